The van der Waals surface area contributed by atoms with Crippen molar-refractivity contribution in [1.29, 1.82) is 0 Å². The number of hydrogen-bond donors (Lipinski definition) is 0. The molecular formula is C18H29NOPr. The largest absolute Gasteiger partial charge is 0.497 e. The van der Waals surface area contributed by atoms with Crippen LogP contribution in [0.2, 0.25) is 0 Å². The third-order valence-electron chi connectivity index (χ3n) is 2.32. The Hall–Kier alpha value is -0.206. The average Bonchev–Trinajstić information content (AvgIpc) is 2.47. The van der Waals surface area contributed by atoms with Gasteiger partial charge >= 0.3 is 0 Å². The molecule has 0 aliphatic heterocycles. The summed E-state index contributed by atoms with van der Waals surface area (Å²) in [6.45, 7) is 12.6. The van der Waals surface area contributed by atoms with Gasteiger partial charge in [0.25, 0.3) is 0 Å². The van der Waals surface area contributed by atoms with Crippen LogP contribution in [-0.2, 0) is 6.42 Å². The van der Waals surface area contributed by atoms with Gasteiger partial charge in [-0.25, -0.2) is 0 Å². The molecule has 0 N–H and O–H groups in total. The number of rotatable bonds is 2. The van der Waals surface area contributed by atoms with Gasteiger partial charge in [0, 0.05) is 52.4 Å². The van der Waals surface area contributed by atoms with Gasteiger partial charge in [-0.3, -0.25) is 4.98 Å². The minimum atomic E-state index is 0. The molecule has 2 rings (SSSR count). The molecule has 1 heterocycles. The molecule has 0 unspecified atom stereocenters. The predicted molar refractivity (Wildman–Crippen MR) is 89.5 cm³/mol. The van der Waals surface area contributed by atoms with Crippen molar-refractivity contribution in [2.24, 2.45) is 5.92 Å². The molecule has 3 heteroatoms. The quantitative estimate of drug-likeness (QED) is 0.646. The molecule has 2 nitrogen and oxygen atoms in total. The summed E-state index contributed by atoms with van der Waals surface area (Å²) in [6.07, 6.45) is 0.974. The maximum absolute atomic E-state index is 5.15. The van der Waals surface area contributed by atoms with Gasteiger partial charge in [0.1, 0.15) is 5.75 Å². The molecule has 0 saturated carbocycles. The second kappa shape index (κ2) is 13.5. The number of methoxy groups -OCH3 is 1. The normalized spacial score (nSPS) is 8.95. The maximum Gasteiger partial charge on any atom is 0.119 e. The number of hydrogen-bond acceptors (Lipinski definition) is 2. The van der Waals surface area contributed by atoms with Crippen LogP contribution in [0.15, 0.2) is 30.3 Å². The zero-order valence-electron chi connectivity index (χ0n) is 14.6. The van der Waals surface area contributed by atoms with Crippen LogP contribution in [0.4, 0.5) is 0 Å². The third kappa shape index (κ3) is 9.42. The molecule has 0 spiro atoms. The first-order chi connectivity index (χ1) is 9.56. The van der Waals surface area contributed by atoms with Gasteiger partial charge < -0.3 is 4.74 Å². The van der Waals surface area contributed by atoms with Crippen LogP contribution in [0.5, 0.6) is 5.75 Å². The van der Waals surface area contributed by atoms with Gasteiger partial charge in [0.05, 0.1) is 12.6 Å². The fraction of sp³-hybridized carbons (Fsp3) is 0.500. The maximum atomic E-state index is 5.15. The summed E-state index contributed by atoms with van der Waals surface area (Å²) in [6, 6.07) is 10.1. The first kappa shape index (κ1) is 23.1. The summed E-state index contributed by atoms with van der Waals surface area (Å²) in [5, 5.41) is 1.13. The molecule has 115 valence electrons. The van der Waals surface area contributed by atoms with Crippen molar-refractivity contribution >= 4 is 10.9 Å². The van der Waals surface area contributed by atoms with Crippen LogP contribution in [0, 0.1) is 47.2 Å². The summed E-state index contributed by atoms with van der Waals surface area (Å²) >= 11 is 0. The van der Waals surface area contributed by atoms with Gasteiger partial charge in [0.15, 0.2) is 0 Å². The third-order valence-corrected chi connectivity index (χ3v) is 2.32. The molecule has 1 aromatic heterocycles. The Morgan fingerprint density at radius 3 is 2.10 bits per heavy atom. The number of benzene rings is 1. The van der Waals surface area contributed by atoms with Crippen LogP contribution >= 0.6 is 0 Å². The van der Waals surface area contributed by atoms with Crippen molar-refractivity contribution < 1.29 is 46.0 Å². The van der Waals surface area contributed by atoms with E-state index in [0.717, 1.165) is 34.7 Å². The molecule has 1 aromatic carbocycles. The number of fused-ring (bicyclic) bond motifs is 1. The molecule has 0 amide bonds. The number of aryl methyl sites for hydroxylation is 1. The van der Waals surface area contributed by atoms with Gasteiger partial charge in [-0.1, -0.05) is 47.6 Å². The molecule has 0 saturated heterocycles. The standard InChI is InChI=1S/C12H13NO.C4H10.C2H6.Pr/c1-3-10-5-4-9-8-11(14-2)6-7-12(9)13-10;1-4(2)3;1-2;/h4-8H,3H2,1-2H3;4H,1-3H3;1-2H3;. The van der Waals surface area contributed by atoms with Crippen molar-refractivity contribution in [3.8, 4) is 5.75 Å². The van der Waals surface area contributed by atoms with E-state index in [9.17, 15) is 0 Å². The molecule has 21 heavy (non-hydrogen) atoms. The van der Waals surface area contributed by atoms with Gasteiger partial charge in [-0.15, -0.1) is 0 Å². The molecular weight excluding hydrogens is 387 g/mol. The van der Waals surface area contributed by atoms with E-state index in [0.29, 0.717) is 0 Å². The average molecular weight is 416 g/mol. The molecule has 2 aromatic rings. The topological polar surface area (TPSA) is 22.1 Å². The smallest absolute Gasteiger partial charge is 0.119 e. The van der Waals surface area contributed by atoms with Crippen LogP contribution in [0.3, 0.4) is 0 Å². The molecule has 0 bridgehead atoms. The van der Waals surface area contributed by atoms with E-state index in [1.807, 2.05) is 32.0 Å². The van der Waals surface area contributed by atoms with Gasteiger partial charge in [-0.2, -0.15) is 0 Å². The minimum absolute atomic E-state index is 0. The van der Waals surface area contributed by atoms with Gasteiger partial charge in [-0.05, 0) is 36.6 Å². The van der Waals surface area contributed by atoms with Crippen molar-refractivity contribution in [3.05, 3.63) is 36.0 Å². The fourth-order valence-electron chi connectivity index (χ4n) is 1.47. The molecule has 0 fully saturated rings. The summed E-state index contributed by atoms with van der Waals surface area (Å²) in [5.74, 6) is 1.71. The predicted octanol–water partition coefficient (Wildman–Crippen LogP) is 5.49. The van der Waals surface area contributed by atoms with Crippen LogP contribution in [-0.4, -0.2) is 12.1 Å². The molecule has 0 atom stereocenters. The van der Waals surface area contributed by atoms with Crippen LogP contribution in [0.25, 0.3) is 10.9 Å². The Kier molecular flexibility index (Phi) is 14.8. The second-order valence-corrected chi connectivity index (χ2v) is 4.95. The minimum Gasteiger partial charge on any atom is -0.497 e. The van der Waals surface area contributed by atoms with Crippen LogP contribution < -0.4 is 4.74 Å². The Morgan fingerprint density at radius 1 is 1.05 bits per heavy atom. The monoisotopic (exact) mass is 416 g/mol. The van der Waals surface area contributed by atoms with E-state index in [1.54, 1.807) is 7.11 Å². The van der Waals surface area contributed by atoms with E-state index >= 15 is 0 Å². The van der Waals surface area contributed by atoms with E-state index in [4.69, 9.17) is 4.74 Å². The van der Waals surface area contributed by atoms with Crippen molar-refractivity contribution in [2.75, 3.05) is 7.11 Å². The van der Waals surface area contributed by atoms with Crippen LogP contribution in [0.1, 0.15) is 47.2 Å². The van der Waals surface area contributed by atoms with E-state index in [-0.39, 0.29) is 41.3 Å². The molecule has 1 radical (unpaired) electrons. The van der Waals surface area contributed by atoms with Crippen molar-refractivity contribution in [2.45, 2.75) is 48.0 Å². The number of nitrogens with zero attached hydrogens (tertiary/aromatic N) is 1. The fourth-order valence-corrected chi connectivity index (χ4v) is 1.47. The Morgan fingerprint density at radius 2 is 1.62 bits per heavy atom. The second-order valence-electron chi connectivity index (χ2n) is 4.95. The summed E-state index contributed by atoms with van der Waals surface area (Å²) in [5.41, 5.74) is 2.16. The molecule has 0 aliphatic carbocycles. The Bertz CT molecular complexity index is 452. The summed E-state index contributed by atoms with van der Waals surface area (Å²) < 4.78 is 5.15. The summed E-state index contributed by atoms with van der Waals surface area (Å²) in [7, 11) is 1.68. The first-order valence-corrected chi connectivity index (χ1v) is 7.50. The van der Waals surface area contributed by atoms with E-state index in [2.05, 4.69) is 44.8 Å². The number of ether oxygens (including phenoxy) is 1. The Balaban J connectivity index is 0. The zero-order chi connectivity index (χ0) is 15.5. The van der Waals surface area contributed by atoms with Crippen molar-refractivity contribution in [3.63, 3.8) is 0 Å². The zero-order valence-corrected chi connectivity index (χ0v) is 18.3. The van der Waals surface area contributed by atoms with Gasteiger partial charge in [0.2, 0.25) is 0 Å². The SMILES string of the molecule is CC.CC(C)C.CCc1ccc2cc(OC)ccc2n1.[Pr]. The van der Waals surface area contributed by atoms with E-state index in [1.165, 1.54) is 0 Å². The molecule has 0 aliphatic rings. The van der Waals surface area contributed by atoms with E-state index < -0.39 is 0 Å². The Labute approximate surface area is 163 Å². The van der Waals surface area contributed by atoms with Crippen molar-refractivity contribution in [1.82, 2.24) is 4.98 Å². The number of pyridine rings is 1. The number of aromatic nitrogens is 1. The first-order valence-electron chi connectivity index (χ1n) is 7.50. The summed E-state index contributed by atoms with van der Waals surface area (Å²) in [4.78, 5) is 4.51.